The lowest BCUT2D eigenvalue weighted by Gasteiger charge is -2.14. The number of pyridine rings is 1. The number of carbonyl (C=O) groups excluding carboxylic acids is 1. The first kappa shape index (κ1) is 32.0. The minimum absolute atomic E-state index is 0.00497. The van der Waals surface area contributed by atoms with Crippen molar-refractivity contribution in [2.45, 2.75) is 17.9 Å². The van der Waals surface area contributed by atoms with E-state index in [1.54, 1.807) is 6.07 Å². The first-order valence-corrected chi connectivity index (χ1v) is 17.0. The van der Waals surface area contributed by atoms with Crippen molar-refractivity contribution < 1.29 is 30.4 Å². The highest BCUT2D eigenvalue weighted by atomic mass is 35.5. The second-order valence-corrected chi connectivity index (χ2v) is 14.1. The summed E-state index contributed by atoms with van der Waals surface area (Å²) in [5.41, 5.74) is 0.184. The molecule has 0 saturated heterocycles. The normalized spacial score (nSPS) is 12.0. The molecule has 0 atom stereocenters. The maximum atomic E-state index is 14.8. The highest BCUT2D eigenvalue weighted by molar-refractivity contribution is 7.90. The highest BCUT2D eigenvalue weighted by Crippen LogP contribution is 2.36. The van der Waals surface area contributed by atoms with Gasteiger partial charge >= 0.3 is 0 Å². The van der Waals surface area contributed by atoms with E-state index in [0.717, 1.165) is 12.3 Å². The van der Waals surface area contributed by atoms with Crippen molar-refractivity contribution >= 4 is 48.5 Å². The van der Waals surface area contributed by atoms with Crippen LogP contribution < -0.4 is 15.0 Å². The molecule has 0 unspecified atom stereocenters. The van der Waals surface area contributed by atoms with Crippen LogP contribution in [0.2, 0.25) is 5.02 Å². The SMILES string of the molecule is CS(=O)(=O)NCCc1ccc(S(=O)(=O)NC(=O)c2c(-c3ccc[nH]c3=O)c3cc(Cl)ccc3n2Cc2ccc(F)cc2F)cc1. The van der Waals surface area contributed by atoms with Crippen molar-refractivity contribution in [3.05, 3.63) is 123 Å². The number of carbonyl (C=O) groups is 1. The summed E-state index contributed by atoms with van der Waals surface area (Å²) in [5, 5.41) is 0.573. The maximum absolute atomic E-state index is 14.8. The molecule has 0 spiro atoms. The average Bonchev–Trinajstić information content (AvgIpc) is 3.27. The first-order chi connectivity index (χ1) is 21.2. The summed E-state index contributed by atoms with van der Waals surface area (Å²) in [7, 11) is -7.88. The van der Waals surface area contributed by atoms with Crippen LogP contribution >= 0.6 is 11.6 Å². The molecule has 45 heavy (non-hydrogen) atoms. The number of sulfonamides is 2. The molecule has 2 heterocycles. The van der Waals surface area contributed by atoms with E-state index in [9.17, 15) is 35.2 Å². The van der Waals surface area contributed by atoms with Gasteiger partial charge in [0.1, 0.15) is 17.3 Å². The van der Waals surface area contributed by atoms with Gasteiger partial charge in [0.2, 0.25) is 10.0 Å². The lowest BCUT2D eigenvalue weighted by atomic mass is 10.0. The van der Waals surface area contributed by atoms with Gasteiger partial charge in [-0.15, -0.1) is 0 Å². The average molecular weight is 675 g/mol. The molecule has 2 aromatic heterocycles. The number of nitrogens with zero attached hydrogens (tertiary/aromatic N) is 1. The summed E-state index contributed by atoms with van der Waals surface area (Å²) in [6, 6.07) is 16.0. The third kappa shape index (κ3) is 7.14. The molecule has 0 aliphatic heterocycles. The van der Waals surface area contributed by atoms with Crippen molar-refractivity contribution in [2.75, 3.05) is 12.8 Å². The predicted molar refractivity (Wildman–Crippen MR) is 166 cm³/mol. The Morgan fingerprint density at radius 3 is 2.38 bits per heavy atom. The molecule has 0 fully saturated rings. The number of amides is 1. The monoisotopic (exact) mass is 674 g/mol. The molecule has 0 radical (unpaired) electrons. The molecule has 0 bridgehead atoms. The third-order valence-corrected chi connectivity index (χ3v) is 9.22. The van der Waals surface area contributed by atoms with E-state index in [1.165, 1.54) is 65.4 Å². The molecule has 10 nitrogen and oxygen atoms in total. The summed E-state index contributed by atoms with van der Waals surface area (Å²) in [4.78, 5) is 29.2. The van der Waals surface area contributed by atoms with Gasteiger partial charge in [0.15, 0.2) is 0 Å². The van der Waals surface area contributed by atoms with Crippen LogP contribution in [0, 0.1) is 11.6 Å². The molecule has 5 rings (SSSR count). The van der Waals surface area contributed by atoms with Crippen LogP contribution in [0.25, 0.3) is 22.0 Å². The molecule has 0 saturated carbocycles. The summed E-state index contributed by atoms with van der Waals surface area (Å²) in [6.07, 6.45) is 2.70. The van der Waals surface area contributed by atoms with Gasteiger partial charge in [-0.25, -0.2) is 35.1 Å². The number of hydrogen-bond donors (Lipinski definition) is 3. The van der Waals surface area contributed by atoms with Gasteiger partial charge in [-0.1, -0.05) is 29.8 Å². The molecule has 1 amide bonds. The molecule has 5 aromatic rings. The van der Waals surface area contributed by atoms with Crippen molar-refractivity contribution in [1.82, 2.24) is 19.0 Å². The second-order valence-electron chi connectivity index (χ2n) is 10.1. The fourth-order valence-corrected chi connectivity index (χ4v) is 6.48. The first-order valence-electron chi connectivity index (χ1n) is 13.3. The summed E-state index contributed by atoms with van der Waals surface area (Å²) >= 11 is 6.29. The quantitative estimate of drug-likeness (QED) is 0.203. The minimum Gasteiger partial charge on any atom is -0.331 e. The van der Waals surface area contributed by atoms with E-state index in [0.29, 0.717) is 22.5 Å². The molecular weight excluding hydrogens is 650 g/mol. The van der Waals surface area contributed by atoms with Crippen LogP contribution in [0.3, 0.4) is 0 Å². The van der Waals surface area contributed by atoms with Crippen LogP contribution in [0.1, 0.15) is 21.6 Å². The predicted octanol–water partition coefficient (Wildman–Crippen LogP) is 4.19. The van der Waals surface area contributed by atoms with E-state index in [1.807, 2.05) is 4.72 Å². The standard InChI is InChI=1S/C30H25ClF2N4O6S2/c1-44(40,41)35-14-12-18-4-9-22(10-5-18)45(42,43)36-30(39)28-27(23-3-2-13-34-29(23)38)24-15-20(31)7-11-26(24)37(28)17-19-6-8-21(32)16-25(19)33/h2-11,13,15-16,35H,12,14,17H2,1H3,(H,34,38)(H,36,39). The van der Waals surface area contributed by atoms with E-state index in [4.69, 9.17) is 11.6 Å². The number of rotatable bonds is 10. The zero-order valence-electron chi connectivity index (χ0n) is 23.5. The number of benzene rings is 3. The molecular formula is C30H25ClF2N4O6S2. The van der Waals surface area contributed by atoms with Crippen LogP contribution in [0.15, 0.2) is 88.7 Å². The van der Waals surface area contributed by atoms with Crippen molar-refractivity contribution in [3.8, 4) is 11.1 Å². The molecule has 3 aromatic carbocycles. The van der Waals surface area contributed by atoms with Crippen LogP contribution in [-0.4, -0.2) is 45.1 Å². The molecule has 15 heteroatoms. The molecule has 0 aliphatic rings. The number of fused-ring (bicyclic) bond motifs is 1. The van der Waals surface area contributed by atoms with Gasteiger partial charge < -0.3 is 9.55 Å². The topological polar surface area (TPSA) is 147 Å². The fraction of sp³-hybridized carbons (Fsp3) is 0.133. The van der Waals surface area contributed by atoms with Crippen LogP contribution in [0.5, 0.6) is 0 Å². The van der Waals surface area contributed by atoms with E-state index >= 15 is 0 Å². The van der Waals surface area contributed by atoms with Crippen molar-refractivity contribution in [3.63, 3.8) is 0 Å². The van der Waals surface area contributed by atoms with Crippen LogP contribution in [-0.2, 0) is 33.0 Å². The molecule has 3 N–H and O–H groups in total. The maximum Gasteiger partial charge on any atom is 0.282 e. The summed E-state index contributed by atoms with van der Waals surface area (Å²) < 4.78 is 83.6. The van der Waals surface area contributed by atoms with Gasteiger partial charge in [0.05, 0.1) is 17.7 Å². The number of nitrogens with one attached hydrogen (secondary N) is 3. The largest absolute Gasteiger partial charge is 0.331 e. The Kier molecular flexibility index (Phi) is 8.94. The zero-order chi connectivity index (χ0) is 32.5. The van der Waals surface area contributed by atoms with Crippen molar-refractivity contribution in [2.24, 2.45) is 0 Å². The van der Waals surface area contributed by atoms with E-state index in [2.05, 4.69) is 9.71 Å². The Morgan fingerprint density at radius 1 is 0.978 bits per heavy atom. The third-order valence-electron chi connectivity index (χ3n) is 6.91. The Hall–Kier alpha value is -4.37. The second kappa shape index (κ2) is 12.6. The number of aromatic nitrogens is 2. The Morgan fingerprint density at radius 2 is 1.71 bits per heavy atom. The van der Waals surface area contributed by atoms with Gasteiger partial charge in [0.25, 0.3) is 21.5 Å². The number of halogens is 3. The fourth-order valence-electron chi connectivity index (χ4n) is 4.88. The van der Waals surface area contributed by atoms with Gasteiger partial charge in [-0.3, -0.25) is 9.59 Å². The lowest BCUT2D eigenvalue weighted by molar-refractivity contribution is 0.0974. The lowest BCUT2D eigenvalue weighted by Crippen LogP contribution is -2.33. The van der Waals surface area contributed by atoms with Gasteiger partial charge in [0, 0.05) is 51.4 Å². The Balaban J connectivity index is 1.60. The highest BCUT2D eigenvalue weighted by Gasteiger charge is 2.29. The molecule has 234 valence electrons. The van der Waals surface area contributed by atoms with E-state index < -0.39 is 43.1 Å². The van der Waals surface area contributed by atoms with Gasteiger partial charge in [-0.2, -0.15) is 0 Å². The Bertz CT molecular complexity index is 2220. The number of H-pyrrole nitrogens is 1. The number of hydrogen-bond acceptors (Lipinski definition) is 6. The minimum atomic E-state index is -4.49. The summed E-state index contributed by atoms with van der Waals surface area (Å²) in [6.45, 7) is -0.222. The molecule has 0 aliphatic carbocycles. The number of aromatic amines is 1. The zero-order valence-corrected chi connectivity index (χ0v) is 25.9. The van der Waals surface area contributed by atoms with Gasteiger partial charge in [-0.05, 0) is 60.5 Å². The Labute approximate surface area is 261 Å². The smallest absolute Gasteiger partial charge is 0.282 e. The summed E-state index contributed by atoms with van der Waals surface area (Å²) in [5.74, 6) is -2.82. The van der Waals surface area contributed by atoms with Crippen molar-refractivity contribution in [1.29, 1.82) is 0 Å². The van der Waals surface area contributed by atoms with E-state index in [-0.39, 0.29) is 51.8 Å². The van der Waals surface area contributed by atoms with Crippen LogP contribution in [0.4, 0.5) is 8.78 Å².